The highest BCUT2D eigenvalue weighted by molar-refractivity contribution is 7.89. The molecule has 152 valence electrons. The number of aromatic nitrogens is 2. The highest BCUT2D eigenvalue weighted by atomic mass is 32.2. The highest BCUT2D eigenvalue weighted by Crippen LogP contribution is 2.21. The molecular formula is C21H24N4O3S. The third-order valence-electron chi connectivity index (χ3n) is 5.48. The predicted molar refractivity (Wildman–Crippen MR) is 112 cm³/mol. The lowest BCUT2D eigenvalue weighted by Crippen LogP contribution is -2.48. The van der Waals surface area contributed by atoms with Crippen molar-refractivity contribution in [2.24, 2.45) is 0 Å². The molecule has 0 amide bonds. The minimum absolute atomic E-state index is 0.151. The number of nitrogens with zero attached hydrogens (tertiary/aromatic N) is 3. The molecule has 0 spiro atoms. The molecule has 1 aliphatic heterocycles. The fourth-order valence-electron chi connectivity index (χ4n) is 3.57. The lowest BCUT2D eigenvalue weighted by atomic mass is 10.1. The van der Waals surface area contributed by atoms with Crippen LogP contribution in [0.3, 0.4) is 0 Å². The van der Waals surface area contributed by atoms with Crippen LogP contribution in [0.15, 0.2) is 52.2 Å². The number of hydrogen-bond donors (Lipinski definition) is 1. The number of sulfonamides is 1. The van der Waals surface area contributed by atoms with E-state index in [0.717, 1.165) is 11.1 Å². The summed E-state index contributed by atoms with van der Waals surface area (Å²) in [7, 11) is -3.50. The minimum Gasteiger partial charge on any atom is -0.309 e. The molecule has 0 bridgehead atoms. The van der Waals surface area contributed by atoms with Gasteiger partial charge in [-0.2, -0.15) is 4.31 Å². The van der Waals surface area contributed by atoms with Crippen molar-refractivity contribution in [2.45, 2.75) is 25.3 Å². The molecule has 1 aromatic heterocycles. The first kappa shape index (κ1) is 19.8. The van der Waals surface area contributed by atoms with E-state index in [9.17, 15) is 13.2 Å². The van der Waals surface area contributed by atoms with Gasteiger partial charge in [-0.15, -0.1) is 0 Å². The van der Waals surface area contributed by atoms with Crippen molar-refractivity contribution in [3.63, 3.8) is 0 Å². The summed E-state index contributed by atoms with van der Waals surface area (Å²) in [5.74, 6) is 0.596. The van der Waals surface area contributed by atoms with Crippen molar-refractivity contribution in [1.82, 2.24) is 19.2 Å². The molecule has 0 saturated carbocycles. The van der Waals surface area contributed by atoms with E-state index in [-0.39, 0.29) is 5.56 Å². The average molecular weight is 413 g/mol. The van der Waals surface area contributed by atoms with Crippen LogP contribution in [0.5, 0.6) is 0 Å². The van der Waals surface area contributed by atoms with E-state index >= 15 is 0 Å². The molecule has 0 aliphatic carbocycles. The topological polar surface area (TPSA) is 86.4 Å². The maximum absolute atomic E-state index is 13.0. The SMILES string of the molecule is Cc1ccc(S(=O)(=O)N2CCN(Cc3nc4ccccc4c(=O)[nH]3)CC2)cc1C. The normalized spacial score (nSPS) is 16.3. The van der Waals surface area contributed by atoms with Gasteiger partial charge in [0.25, 0.3) is 5.56 Å². The van der Waals surface area contributed by atoms with Crippen LogP contribution in [0.25, 0.3) is 10.9 Å². The second-order valence-corrected chi connectivity index (χ2v) is 9.39. The number of aryl methyl sites for hydroxylation is 2. The van der Waals surface area contributed by atoms with Crippen molar-refractivity contribution in [3.8, 4) is 0 Å². The first-order chi connectivity index (χ1) is 13.8. The molecule has 0 radical (unpaired) electrons. The molecule has 1 saturated heterocycles. The molecular weight excluding hydrogens is 388 g/mol. The van der Waals surface area contributed by atoms with Gasteiger partial charge in [-0.3, -0.25) is 9.69 Å². The van der Waals surface area contributed by atoms with E-state index in [2.05, 4.69) is 14.9 Å². The standard InChI is InChI=1S/C21H24N4O3S/c1-15-7-8-17(13-16(15)2)29(27,28)25-11-9-24(10-12-25)14-20-22-19-6-4-3-5-18(19)21(26)23-20/h3-8,13H,9-12,14H2,1-2H3,(H,22,23,26). The zero-order valence-corrected chi connectivity index (χ0v) is 17.4. The fourth-order valence-corrected chi connectivity index (χ4v) is 5.08. The van der Waals surface area contributed by atoms with E-state index in [0.29, 0.717) is 54.3 Å². The quantitative estimate of drug-likeness (QED) is 0.709. The summed E-state index contributed by atoms with van der Waals surface area (Å²) < 4.78 is 27.4. The monoisotopic (exact) mass is 412 g/mol. The molecule has 2 heterocycles. The van der Waals surface area contributed by atoms with E-state index in [1.165, 1.54) is 4.31 Å². The summed E-state index contributed by atoms with van der Waals surface area (Å²) in [4.78, 5) is 22.1. The number of rotatable bonds is 4. The highest BCUT2D eigenvalue weighted by Gasteiger charge is 2.29. The zero-order valence-electron chi connectivity index (χ0n) is 16.6. The maximum atomic E-state index is 13.0. The number of hydrogen-bond acceptors (Lipinski definition) is 5. The van der Waals surface area contributed by atoms with Crippen molar-refractivity contribution >= 4 is 20.9 Å². The van der Waals surface area contributed by atoms with E-state index in [1.54, 1.807) is 18.2 Å². The van der Waals surface area contributed by atoms with E-state index < -0.39 is 10.0 Å². The fraction of sp³-hybridized carbons (Fsp3) is 0.333. The van der Waals surface area contributed by atoms with Crippen molar-refractivity contribution in [2.75, 3.05) is 26.2 Å². The van der Waals surface area contributed by atoms with E-state index in [1.807, 2.05) is 38.1 Å². The summed E-state index contributed by atoms with van der Waals surface area (Å²) in [6.45, 7) is 6.36. The number of fused-ring (bicyclic) bond motifs is 1. The third-order valence-corrected chi connectivity index (χ3v) is 7.38. The number of aromatic amines is 1. The largest absolute Gasteiger partial charge is 0.309 e. The smallest absolute Gasteiger partial charge is 0.258 e. The van der Waals surface area contributed by atoms with Gasteiger partial charge in [0.1, 0.15) is 5.82 Å². The molecule has 3 aromatic rings. The number of nitrogens with one attached hydrogen (secondary N) is 1. The van der Waals surface area contributed by atoms with Gasteiger partial charge < -0.3 is 4.98 Å². The molecule has 0 unspecified atom stereocenters. The molecule has 1 aliphatic rings. The summed E-state index contributed by atoms with van der Waals surface area (Å²) in [6.07, 6.45) is 0. The maximum Gasteiger partial charge on any atom is 0.258 e. The van der Waals surface area contributed by atoms with Crippen LogP contribution in [-0.4, -0.2) is 53.8 Å². The van der Waals surface area contributed by atoms with Crippen LogP contribution in [-0.2, 0) is 16.6 Å². The first-order valence-electron chi connectivity index (χ1n) is 9.62. The Labute approximate surface area is 170 Å². The van der Waals surface area contributed by atoms with Gasteiger partial charge in [0.05, 0.1) is 22.3 Å². The van der Waals surface area contributed by atoms with Crippen LogP contribution in [0.2, 0.25) is 0 Å². The molecule has 4 rings (SSSR count). The Bertz CT molecular complexity index is 1210. The van der Waals surface area contributed by atoms with Crippen LogP contribution in [0, 0.1) is 13.8 Å². The summed E-state index contributed by atoms with van der Waals surface area (Å²) in [6, 6.07) is 12.5. The summed E-state index contributed by atoms with van der Waals surface area (Å²) >= 11 is 0. The van der Waals surface area contributed by atoms with Gasteiger partial charge in [0, 0.05) is 26.2 Å². The van der Waals surface area contributed by atoms with Gasteiger partial charge in [0.2, 0.25) is 10.0 Å². The second kappa shape index (κ2) is 7.70. The number of piperazine rings is 1. The van der Waals surface area contributed by atoms with Crippen LogP contribution < -0.4 is 5.56 Å². The third kappa shape index (κ3) is 3.96. The van der Waals surface area contributed by atoms with Gasteiger partial charge in [-0.05, 0) is 49.2 Å². The Kier molecular flexibility index (Phi) is 5.24. The zero-order chi connectivity index (χ0) is 20.6. The molecule has 8 heteroatoms. The van der Waals surface area contributed by atoms with Gasteiger partial charge in [-0.25, -0.2) is 13.4 Å². The second-order valence-electron chi connectivity index (χ2n) is 7.46. The molecule has 0 atom stereocenters. The Hall–Kier alpha value is -2.55. The Morgan fingerprint density at radius 1 is 1.00 bits per heavy atom. The number of para-hydroxylation sites is 1. The Balaban J connectivity index is 1.45. The lowest BCUT2D eigenvalue weighted by Gasteiger charge is -2.33. The van der Waals surface area contributed by atoms with Crippen LogP contribution in [0.4, 0.5) is 0 Å². The number of benzene rings is 2. The summed E-state index contributed by atoms with van der Waals surface area (Å²) in [5, 5.41) is 0.570. The van der Waals surface area contributed by atoms with E-state index in [4.69, 9.17) is 0 Å². The van der Waals surface area contributed by atoms with Crippen LogP contribution in [0.1, 0.15) is 17.0 Å². The summed E-state index contributed by atoms with van der Waals surface area (Å²) in [5.41, 5.74) is 2.56. The van der Waals surface area contributed by atoms with Gasteiger partial charge in [-0.1, -0.05) is 18.2 Å². The minimum atomic E-state index is -3.50. The van der Waals surface area contributed by atoms with Crippen molar-refractivity contribution < 1.29 is 8.42 Å². The molecule has 29 heavy (non-hydrogen) atoms. The molecule has 1 fully saturated rings. The predicted octanol–water partition coefficient (Wildman–Crippen LogP) is 2.05. The Morgan fingerprint density at radius 3 is 2.45 bits per heavy atom. The molecule has 2 aromatic carbocycles. The van der Waals surface area contributed by atoms with Crippen molar-refractivity contribution in [1.29, 1.82) is 0 Å². The Morgan fingerprint density at radius 2 is 1.72 bits per heavy atom. The average Bonchev–Trinajstić information content (AvgIpc) is 2.70. The molecule has 7 nitrogen and oxygen atoms in total. The lowest BCUT2D eigenvalue weighted by molar-refractivity contribution is 0.178. The first-order valence-corrected chi connectivity index (χ1v) is 11.1. The number of H-pyrrole nitrogens is 1. The van der Waals surface area contributed by atoms with Gasteiger partial charge in [0.15, 0.2) is 0 Å². The van der Waals surface area contributed by atoms with Crippen LogP contribution >= 0.6 is 0 Å². The van der Waals surface area contributed by atoms with Gasteiger partial charge >= 0.3 is 0 Å². The molecule has 1 N–H and O–H groups in total. The van der Waals surface area contributed by atoms with Crippen molar-refractivity contribution in [3.05, 3.63) is 69.8 Å².